The lowest BCUT2D eigenvalue weighted by Gasteiger charge is -2.33. The Labute approximate surface area is 210 Å². The van der Waals surface area contributed by atoms with Gasteiger partial charge in [-0.15, -0.1) is 0 Å². The molecule has 5 rings (SSSR count). The quantitative estimate of drug-likeness (QED) is 0.431. The summed E-state index contributed by atoms with van der Waals surface area (Å²) in [5, 5.41) is 3.05. The number of aromatic nitrogens is 2. The number of methoxy groups -OCH3 is 1. The van der Waals surface area contributed by atoms with Crippen molar-refractivity contribution in [1.29, 1.82) is 0 Å². The smallest absolute Gasteiger partial charge is 0.294 e. The number of para-hydroxylation sites is 3. The van der Waals surface area contributed by atoms with E-state index in [-0.39, 0.29) is 17.4 Å². The molecule has 1 aliphatic rings. The highest BCUT2D eigenvalue weighted by atomic mass is 16.5. The predicted octanol–water partition coefficient (Wildman–Crippen LogP) is 3.99. The van der Waals surface area contributed by atoms with Gasteiger partial charge < -0.3 is 15.0 Å². The van der Waals surface area contributed by atoms with Gasteiger partial charge in [0.15, 0.2) is 5.82 Å². The molecule has 1 N–H and O–H groups in total. The lowest BCUT2D eigenvalue weighted by molar-refractivity contribution is -0.125. The van der Waals surface area contributed by atoms with E-state index < -0.39 is 0 Å². The maximum atomic E-state index is 13.7. The van der Waals surface area contributed by atoms with E-state index in [0.717, 1.165) is 40.8 Å². The molecule has 0 spiro atoms. The molecule has 0 saturated carbocycles. The Morgan fingerprint density at radius 2 is 1.78 bits per heavy atom. The van der Waals surface area contributed by atoms with Crippen LogP contribution in [-0.4, -0.2) is 35.7 Å². The third-order valence-corrected chi connectivity index (χ3v) is 6.76. The van der Waals surface area contributed by atoms with Crippen molar-refractivity contribution in [2.45, 2.75) is 25.9 Å². The number of anilines is 1. The molecule has 1 atom stereocenters. The number of benzene rings is 3. The largest absolute Gasteiger partial charge is 0.496 e. The van der Waals surface area contributed by atoms with Gasteiger partial charge in [-0.2, -0.15) is 0 Å². The van der Waals surface area contributed by atoms with Crippen LogP contribution >= 0.6 is 0 Å². The fraction of sp³-hybridized carbons (Fsp3) is 0.276. The SMILES string of the molecule is COc1ccccc1CNC(=O)[C@H]1CCCN(c2nc3ccccc3n(Cc3ccccc3)c2=O)C1. The Morgan fingerprint density at radius 1 is 1.03 bits per heavy atom. The molecule has 7 nitrogen and oxygen atoms in total. The number of nitrogens with zero attached hydrogens (tertiary/aromatic N) is 3. The van der Waals surface area contributed by atoms with Crippen LogP contribution in [0, 0.1) is 5.92 Å². The highest BCUT2D eigenvalue weighted by Crippen LogP contribution is 2.23. The van der Waals surface area contributed by atoms with Gasteiger partial charge in [-0.1, -0.05) is 60.7 Å². The normalized spacial score (nSPS) is 15.6. The van der Waals surface area contributed by atoms with E-state index in [9.17, 15) is 9.59 Å². The maximum Gasteiger partial charge on any atom is 0.294 e. The number of hydrogen-bond acceptors (Lipinski definition) is 5. The maximum absolute atomic E-state index is 13.7. The van der Waals surface area contributed by atoms with Crippen LogP contribution in [0.4, 0.5) is 5.82 Å². The molecule has 0 radical (unpaired) electrons. The van der Waals surface area contributed by atoms with Gasteiger partial charge in [0, 0.05) is 25.2 Å². The Balaban J connectivity index is 1.38. The minimum absolute atomic E-state index is 0.0176. The number of carbonyl (C=O) groups is 1. The number of rotatable bonds is 7. The zero-order chi connectivity index (χ0) is 24.9. The lowest BCUT2D eigenvalue weighted by Crippen LogP contribution is -2.45. The number of fused-ring (bicyclic) bond motifs is 1. The van der Waals surface area contributed by atoms with Gasteiger partial charge in [0.1, 0.15) is 5.75 Å². The van der Waals surface area contributed by atoms with Crippen molar-refractivity contribution in [2.24, 2.45) is 5.92 Å². The summed E-state index contributed by atoms with van der Waals surface area (Å²) in [5.41, 5.74) is 3.42. The number of carbonyl (C=O) groups excluding carboxylic acids is 1. The third-order valence-electron chi connectivity index (χ3n) is 6.76. The Bertz CT molecular complexity index is 1420. The lowest BCUT2D eigenvalue weighted by atomic mass is 9.97. The van der Waals surface area contributed by atoms with Gasteiger partial charge in [-0.3, -0.25) is 14.2 Å². The van der Waals surface area contributed by atoms with Crippen LogP contribution < -0.4 is 20.5 Å². The molecule has 1 fully saturated rings. The van der Waals surface area contributed by atoms with Gasteiger partial charge in [-0.25, -0.2) is 4.98 Å². The Morgan fingerprint density at radius 3 is 2.61 bits per heavy atom. The molecular weight excluding hydrogens is 452 g/mol. The first-order chi connectivity index (χ1) is 17.6. The van der Waals surface area contributed by atoms with E-state index in [1.165, 1.54) is 0 Å². The van der Waals surface area contributed by atoms with E-state index in [4.69, 9.17) is 9.72 Å². The minimum atomic E-state index is -0.219. The molecule has 0 aliphatic carbocycles. The predicted molar refractivity (Wildman–Crippen MR) is 141 cm³/mol. The van der Waals surface area contributed by atoms with Crippen molar-refractivity contribution >= 4 is 22.8 Å². The van der Waals surface area contributed by atoms with Crippen molar-refractivity contribution in [3.05, 3.63) is 100 Å². The molecule has 1 saturated heterocycles. The second-order valence-electron chi connectivity index (χ2n) is 9.12. The zero-order valence-electron chi connectivity index (χ0n) is 20.4. The first-order valence-corrected chi connectivity index (χ1v) is 12.3. The van der Waals surface area contributed by atoms with Crippen LogP contribution in [0.5, 0.6) is 5.75 Å². The van der Waals surface area contributed by atoms with Gasteiger partial charge >= 0.3 is 0 Å². The number of nitrogens with one attached hydrogen (secondary N) is 1. The zero-order valence-corrected chi connectivity index (χ0v) is 20.4. The van der Waals surface area contributed by atoms with Crippen LogP contribution in [0.15, 0.2) is 83.7 Å². The molecule has 2 heterocycles. The van der Waals surface area contributed by atoms with Crippen LogP contribution in [-0.2, 0) is 17.9 Å². The van der Waals surface area contributed by atoms with Crippen molar-refractivity contribution in [1.82, 2.24) is 14.9 Å². The van der Waals surface area contributed by atoms with Crippen LogP contribution in [0.25, 0.3) is 11.0 Å². The molecule has 4 aromatic rings. The van der Waals surface area contributed by atoms with E-state index >= 15 is 0 Å². The molecular formula is C29H30N4O3. The Hall–Kier alpha value is -4.13. The van der Waals surface area contributed by atoms with E-state index in [1.807, 2.05) is 83.8 Å². The van der Waals surface area contributed by atoms with Gasteiger partial charge in [0.25, 0.3) is 5.56 Å². The second-order valence-corrected chi connectivity index (χ2v) is 9.12. The molecule has 1 aromatic heterocycles. The van der Waals surface area contributed by atoms with E-state index in [0.29, 0.717) is 32.0 Å². The number of piperidine rings is 1. The molecule has 36 heavy (non-hydrogen) atoms. The first kappa shape index (κ1) is 23.6. The first-order valence-electron chi connectivity index (χ1n) is 12.3. The highest BCUT2D eigenvalue weighted by Gasteiger charge is 2.28. The van der Waals surface area contributed by atoms with Gasteiger partial charge in [0.2, 0.25) is 5.91 Å². The summed E-state index contributed by atoms with van der Waals surface area (Å²) in [6.07, 6.45) is 1.60. The minimum Gasteiger partial charge on any atom is -0.496 e. The molecule has 3 aromatic carbocycles. The second kappa shape index (κ2) is 10.6. The summed E-state index contributed by atoms with van der Waals surface area (Å²) in [6.45, 7) is 2.02. The van der Waals surface area contributed by atoms with E-state index in [1.54, 1.807) is 11.7 Å². The summed E-state index contributed by atoms with van der Waals surface area (Å²) >= 11 is 0. The number of ether oxygens (including phenoxy) is 1. The molecule has 1 amide bonds. The summed E-state index contributed by atoms with van der Waals surface area (Å²) < 4.78 is 7.19. The van der Waals surface area contributed by atoms with Gasteiger partial charge in [-0.05, 0) is 36.6 Å². The van der Waals surface area contributed by atoms with Crippen molar-refractivity contribution in [2.75, 3.05) is 25.1 Å². The molecule has 0 unspecified atom stereocenters. The highest BCUT2D eigenvalue weighted by molar-refractivity contribution is 5.80. The topological polar surface area (TPSA) is 76.5 Å². The van der Waals surface area contributed by atoms with E-state index in [2.05, 4.69) is 5.32 Å². The third kappa shape index (κ3) is 4.96. The number of amides is 1. The van der Waals surface area contributed by atoms with Crippen molar-refractivity contribution in [3.63, 3.8) is 0 Å². The fourth-order valence-electron chi connectivity index (χ4n) is 4.87. The molecule has 184 valence electrons. The Kier molecular flexibility index (Phi) is 6.98. The molecule has 0 bridgehead atoms. The average molecular weight is 483 g/mol. The summed E-state index contributed by atoms with van der Waals surface area (Å²) in [5.74, 6) is 0.925. The summed E-state index contributed by atoms with van der Waals surface area (Å²) in [7, 11) is 1.63. The average Bonchev–Trinajstić information content (AvgIpc) is 2.94. The van der Waals surface area contributed by atoms with Crippen LogP contribution in [0.3, 0.4) is 0 Å². The monoisotopic (exact) mass is 482 g/mol. The van der Waals surface area contributed by atoms with Gasteiger partial charge in [0.05, 0.1) is 30.6 Å². The fourth-order valence-corrected chi connectivity index (χ4v) is 4.87. The molecule has 1 aliphatic heterocycles. The van der Waals surface area contributed by atoms with Crippen molar-refractivity contribution < 1.29 is 9.53 Å². The van der Waals surface area contributed by atoms with Crippen LogP contribution in [0.1, 0.15) is 24.0 Å². The van der Waals surface area contributed by atoms with Crippen LogP contribution in [0.2, 0.25) is 0 Å². The summed E-state index contributed by atoms with van der Waals surface area (Å²) in [6, 6.07) is 25.3. The standard InChI is InChI=1S/C29H30N4O3/c1-36-26-16-8-5-12-22(26)18-30-28(34)23-13-9-17-32(20-23)27-29(35)33(19-21-10-3-2-4-11-21)25-15-7-6-14-24(25)31-27/h2-8,10-12,14-16,23H,9,13,17-20H2,1H3,(H,30,34)/t23-/m0/s1. The van der Waals surface area contributed by atoms with Crippen molar-refractivity contribution in [3.8, 4) is 5.75 Å². The summed E-state index contributed by atoms with van der Waals surface area (Å²) in [4.78, 5) is 33.5. The number of hydrogen-bond donors (Lipinski definition) is 1. The molecule has 7 heteroatoms.